The Morgan fingerprint density at radius 3 is 1.91 bits per heavy atom. The van der Waals surface area contributed by atoms with E-state index in [0.717, 1.165) is 23.8 Å². The maximum Gasteiger partial charge on any atom is 0.458 e. The van der Waals surface area contributed by atoms with Crippen molar-refractivity contribution in [2.24, 2.45) is 0 Å². The molecule has 0 aliphatic heterocycles. The third kappa shape index (κ3) is 7.50. The lowest BCUT2D eigenvalue weighted by Gasteiger charge is -2.34. The van der Waals surface area contributed by atoms with Gasteiger partial charge >= 0.3 is 18.3 Å². The SMILES string of the molecule is CC(C)c1cccc(Oc2cccc(N(Cc3cccc(C(F)(F)C(F)(F)F)c3)C(CO)c3cccc(C(F)(F)F)c3)c2)c1. The number of hydrogen-bond donors (Lipinski definition) is 1. The summed E-state index contributed by atoms with van der Waals surface area (Å²) in [6.45, 7) is 2.98. The second kappa shape index (κ2) is 12.9. The van der Waals surface area contributed by atoms with E-state index < -0.39 is 42.1 Å². The van der Waals surface area contributed by atoms with Crippen molar-refractivity contribution >= 4 is 5.69 Å². The first-order valence-electron chi connectivity index (χ1n) is 13.6. The first kappa shape index (κ1) is 32.8. The van der Waals surface area contributed by atoms with E-state index in [1.54, 1.807) is 30.3 Å². The molecule has 3 nitrogen and oxygen atoms in total. The van der Waals surface area contributed by atoms with Crippen molar-refractivity contribution in [3.8, 4) is 11.5 Å². The fraction of sp³-hybridized carbons (Fsp3) is 0.273. The van der Waals surface area contributed by atoms with Crippen LogP contribution in [-0.2, 0) is 18.6 Å². The summed E-state index contributed by atoms with van der Waals surface area (Å²) in [6, 6.07) is 20.5. The Labute approximate surface area is 249 Å². The summed E-state index contributed by atoms with van der Waals surface area (Å²) in [4.78, 5) is 1.43. The van der Waals surface area contributed by atoms with Crippen LogP contribution in [-0.4, -0.2) is 17.9 Å². The van der Waals surface area contributed by atoms with Gasteiger partial charge in [-0.25, -0.2) is 0 Å². The molecule has 0 bridgehead atoms. The molecule has 0 saturated heterocycles. The molecule has 11 heteroatoms. The standard InChI is InChI=1S/C33H29F8NO2/c1-21(2)23-8-5-13-28(17-23)44-29-14-6-12-27(18-29)42(30(20-43)24-9-4-11-26(16-24)32(36,37)38)19-22-7-3-10-25(15-22)31(34,35)33(39,40)41/h3-18,21,30,43H,19-20H2,1-2H3. The molecule has 0 heterocycles. The van der Waals surface area contributed by atoms with Crippen molar-refractivity contribution in [1.29, 1.82) is 0 Å². The molecule has 1 atom stereocenters. The van der Waals surface area contributed by atoms with Crippen molar-refractivity contribution in [2.45, 2.75) is 50.6 Å². The zero-order chi connectivity index (χ0) is 32.3. The van der Waals surface area contributed by atoms with Crippen LogP contribution in [0.5, 0.6) is 11.5 Å². The highest BCUT2D eigenvalue weighted by atomic mass is 19.4. The molecule has 0 saturated carbocycles. The molecule has 234 valence electrons. The van der Waals surface area contributed by atoms with Crippen LogP contribution in [0.25, 0.3) is 0 Å². The molecular formula is C33H29F8NO2. The number of ether oxygens (including phenoxy) is 1. The van der Waals surface area contributed by atoms with Crippen LogP contribution in [0.1, 0.15) is 53.6 Å². The minimum Gasteiger partial charge on any atom is -0.457 e. The summed E-state index contributed by atoms with van der Waals surface area (Å²) in [5, 5.41) is 10.4. The van der Waals surface area contributed by atoms with Gasteiger partial charge in [0.25, 0.3) is 0 Å². The Bertz CT molecular complexity index is 1570. The van der Waals surface area contributed by atoms with E-state index >= 15 is 0 Å². The normalized spacial score (nSPS) is 13.2. The van der Waals surface area contributed by atoms with Crippen LogP contribution in [0.4, 0.5) is 40.8 Å². The van der Waals surface area contributed by atoms with Crippen LogP contribution in [0.3, 0.4) is 0 Å². The second-order valence-corrected chi connectivity index (χ2v) is 10.5. The number of nitrogens with zero attached hydrogens (tertiary/aromatic N) is 1. The van der Waals surface area contributed by atoms with Crippen molar-refractivity contribution in [2.75, 3.05) is 11.5 Å². The Kier molecular flexibility index (Phi) is 9.58. The van der Waals surface area contributed by atoms with E-state index in [1.807, 2.05) is 32.0 Å². The molecule has 0 fully saturated rings. The molecule has 0 aliphatic rings. The van der Waals surface area contributed by atoms with Crippen LogP contribution in [0, 0.1) is 0 Å². The molecule has 4 rings (SSSR count). The average Bonchev–Trinajstić information content (AvgIpc) is 2.96. The molecule has 4 aromatic rings. The molecule has 0 aromatic heterocycles. The Hall–Kier alpha value is -4.12. The fourth-order valence-electron chi connectivity index (χ4n) is 4.71. The van der Waals surface area contributed by atoms with Crippen molar-refractivity contribution < 1.29 is 45.0 Å². The second-order valence-electron chi connectivity index (χ2n) is 10.5. The quantitative estimate of drug-likeness (QED) is 0.179. The molecule has 1 N–H and O–H groups in total. The molecule has 44 heavy (non-hydrogen) atoms. The lowest BCUT2D eigenvalue weighted by Crippen LogP contribution is -2.34. The van der Waals surface area contributed by atoms with E-state index in [1.165, 1.54) is 23.1 Å². The Balaban J connectivity index is 1.78. The third-order valence-corrected chi connectivity index (χ3v) is 7.06. The minimum absolute atomic E-state index is 0.00723. The average molecular weight is 624 g/mol. The number of halogens is 8. The van der Waals surface area contributed by atoms with Gasteiger partial charge in [-0.05, 0) is 65.1 Å². The maximum absolute atomic E-state index is 14.2. The highest BCUT2D eigenvalue weighted by Gasteiger charge is 2.58. The lowest BCUT2D eigenvalue weighted by molar-refractivity contribution is -0.289. The molecule has 0 spiro atoms. The smallest absolute Gasteiger partial charge is 0.457 e. The van der Waals surface area contributed by atoms with E-state index in [9.17, 15) is 40.2 Å². The van der Waals surface area contributed by atoms with E-state index in [4.69, 9.17) is 4.74 Å². The first-order valence-corrected chi connectivity index (χ1v) is 13.6. The highest BCUT2D eigenvalue weighted by Crippen LogP contribution is 2.44. The number of aliphatic hydroxyl groups excluding tert-OH is 1. The van der Waals surface area contributed by atoms with Gasteiger partial charge in [-0.15, -0.1) is 0 Å². The van der Waals surface area contributed by atoms with Gasteiger partial charge in [-0.1, -0.05) is 62.4 Å². The number of aliphatic hydroxyl groups is 1. The minimum atomic E-state index is -5.84. The van der Waals surface area contributed by atoms with E-state index in [0.29, 0.717) is 29.3 Å². The number of hydrogen-bond acceptors (Lipinski definition) is 3. The van der Waals surface area contributed by atoms with E-state index in [-0.39, 0.29) is 23.6 Å². The zero-order valence-corrected chi connectivity index (χ0v) is 23.6. The fourth-order valence-corrected chi connectivity index (χ4v) is 4.71. The summed E-state index contributed by atoms with van der Waals surface area (Å²) in [6.07, 6.45) is -10.5. The molecule has 0 aliphatic carbocycles. The predicted molar refractivity (Wildman–Crippen MR) is 151 cm³/mol. The number of alkyl halides is 8. The maximum atomic E-state index is 14.2. The van der Waals surface area contributed by atoms with Crippen LogP contribution < -0.4 is 9.64 Å². The van der Waals surface area contributed by atoms with E-state index in [2.05, 4.69) is 0 Å². The summed E-state index contributed by atoms with van der Waals surface area (Å²) in [5.74, 6) is -4.08. The van der Waals surface area contributed by atoms with Gasteiger partial charge in [0.05, 0.1) is 18.2 Å². The van der Waals surface area contributed by atoms with Crippen molar-refractivity contribution in [3.63, 3.8) is 0 Å². The van der Waals surface area contributed by atoms with Crippen LogP contribution in [0.15, 0.2) is 97.1 Å². The third-order valence-electron chi connectivity index (χ3n) is 7.06. The largest absolute Gasteiger partial charge is 0.458 e. The topological polar surface area (TPSA) is 32.7 Å². The van der Waals surface area contributed by atoms with Crippen molar-refractivity contribution in [1.82, 2.24) is 0 Å². The first-order chi connectivity index (χ1) is 20.6. The number of benzene rings is 4. The predicted octanol–water partition coefficient (Wildman–Crippen LogP) is 10.0. The van der Waals surface area contributed by atoms with Crippen LogP contribution >= 0.6 is 0 Å². The summed E-state index contributed by atoms with van der Waals surface area (Å²) >= 11 is 0. The summed E-state index contributed by atoms with van der Waals surface area (Å²) in [7, 11) is 0. The molecular weight excluding hydrogens is 594 g/mol. The van der Waals surface area contributed by atoms with Gasteiger partial charge < -0.3 is 14.7 Å². The number of anilines is 1. The van der Waals surface area contributed by atoms with Crippen molar-refractivity contribution in [3.05, 3.63) is 125 Å². The van der Waals surface area contributed by atoms with Gasteiger partial charge in [0, 0.05) is 23.9 Å². The summed E-state index contributed by atoms with van der Waals surface area (Å²) in [5.41, 5.74) is -0.873. The van der Waals surface area contributed by atoms with Gasteiger partial charge in [-0.2, -0.15) is 35.1 Å². The Morgan fingerprint density at radius 2 is 1.27 bits per heavy atom. The molecule has 4 aromatic carbocycles. The monoisotopic (exact) mass is 623 g/mol. The van der Waals surface area contributed by atoms with Gasteiger partial charge in [0.15, 0.2) is 0 Å². The summed E-state index contributed by atoms with van der Waals surface area (Å²) < 4.78 is 114. The van der Waals surface area contributed by atoms with Gasteiger partial charge in [0.2, 0.25) is 0 Å². The molecule has 1 unspecified atom stereocenters. The lowest BCUT2D eigenvalue weighted by atomic mass is 10.00. The molecule has 0 radical (unpaired) electrons. The number of rotatable bonds is 10. The zero-order valence-electron chi connectivity index (χ0n) is 23.6. The highest BCUT2D eigenvalue weighted by molar-refractivity contribution is 5.54. The Morgan fingerprint density at radius 1 is 0.682 bits per heavy atom. The van der Waals surface area contributed by atoms with Gasteiger partial charge in [-0.3, -0.25) is 0 Å². The molecule has 0 amide bonds. The van der Waals surface area contributed by atoms with Gasteiger partial charge in [0.1, 0.15) is 11.5 Å². The van der Waals surface area contributed by atoms with Crippen LogP contribution in [0.2, 0.25) is 0 Å².